The van der Waals surface area contributed by atoms with Crippen LogP contribution in [0.2, 0.25) is 0 Å². The number of aromatic nitrogens is 3. The molecule has 0 spiro atoms. The molecule has 0 amide bonds. The van der Waals surface area contributed by atoms with Crippen molar-refractivity contribution in [2.45, 2.75) is 19.9 Å². The molecule has 26 heavy (non-hydrogen) atoms. The van der Waals surface area contributed by atoms with Crippen LogP contribution in [0.5, 0.6) is 0 Å². The Morgan fingerprint density at radius 2 is 1.81 bits per heavy atom. The van der Waals surface area contributed by atoms with Gasteiger partial charge in [0.05, 0.1) is 18.6 Å². The van der Waals surface area contributed by atoms with Crippen LogP contribution in [-0.4, -0.2) is 47.8 Å². The highest BCUT2D eigenvalue weighted by molar-refractivity contribution is 5.89. The monoisotopic (exact) mass is 349 g/mol. The fourth-order valence-electron chi connectivity index (χ4n) is 3.94. The summed E-state index contributed by atoms with van der Waals surface area (Å²) in [5.41, 5.74) is 4.89. The van der Waals surface area contributed by atoms with Crippen LogP contribution in [0.3, 0.4) is 0 Å². The SMILES string of the molecule is Cc1cc2c(N3CCc4ccccc4C3)nc(N3CCOCC3)nc2[nH]1. The minimum atomic E-state index is 0.734. The molecule has 0 saturated carbocycles. The number of fused-ring (bicyclic) bond motifs is 2. The molecule has 0 radical (unpaired) electrons. The summed E-state index contributed by atoms with van der Waals surface area (Å²) in [5, 5.41) is 1.11. The maximum atomic E-state index is 5.48. The van der Waals surface area contributed by atoms with Crippen LogP contribution >= 0.6 is 0 Å². The summed E-state index contributed by atoms with van der Waals surface area (Å²) in [7, 11) is 0. The Bertz CT molecular complexity index is 945. The molecule has 6 heteroatoms. The Morgan fingerprint density at radius 3 is 2.65 bits per heavy atom. The lowest BCUT2D eigenvalue weighted by atomic mass is 10.00. The number of hydrogen-bond donors (Lipinski definition) is 1. The highest BCUT2D eigenvalue weighted by Crippen LogP contribution is 2.31. The number of morpholine rings is 1. The van der Waals surface area contributed by atoms with E-state index < -0.39 is 0 Å². The van der Waals surface area contributed by atoms with Gasteiger partial charge in [0.25, 0.3) is 0 Å². The van der Waals surface area contributed by atoms with Crippen LogP contribution in [0.1, 0.15) is 16.8 Å². The summed E-state index contributed by atoms with van der Waals surface area (Å²) >= 11 is 0. The Hall–Kier alpha value is -2.60. The summed E-state index contributed by atoms with van der Waals surface area (Å²) in [6.45, 7) is 7.10. The van der Waals surface area contributed by atoms with Gasteiger partial charge >= 0.3 is 0 Å². The first-order valence-corrected chi connectivity index (χ1v) is 9.30. The number of hydrogen-bond acceptors (Lipinski definition) is 5. The van der Waals surface area contributed by atoms with Crippen LogP contribution < -0.4 is 9.80 Å². The number of anilines is 2. The molecule has 5 rings (SSSR count). The van der Waals surface area contributed by atoms with Crippen molar-refractivity contribution in [3.05, 3.63) is 47.2 Å². The average molecular weight is 349 g/mol. The first-order chi connectivity index (χ1) is 12.8. The summed E-state index contributed by atoms with van der Waals surface area (Å²) < 4.78 is 5.48. The van der Waals surface area contributed by atoms with E-state index >= 15 is 0 Å². The Labute approximate surface area is 152 Å². The number of H-pyrrole nitrogens is 1. The van der Waals surface area contributed by atoms with E-state index in [0.29, 0.717) is 0 Å². The lowest BCUT2D eigenvalue weighted by molar-refractivity contribution is 0.122. The third kappa shape index (κ3) is 2.70. The first kappa shape index (κ1) is 15.6. The molecule has 0 aliphatic carbocycles. The molecule has 1 fully saturated rings. The van der Waals surface area contributed by atoms with Crippen LogP contribution in [0.4, 0.5) is 11.8 Å². The highest BCUT2D eigenvalue weighted by Gasteiger charge is 2.23. The third-order valence-electron chi connectivity index (χ3n) is 5.31. The van der Waals surface area contributed by atoms with Gasteiger partial charge in [-0.05, 0) is 30.5 Å². The van der Waals surface area contributed by atoms with Gasteiger partial charge in [-0.1, -0.05) is 24.3 Å². The third-order valence-corrected chi connectivity index (χ3v) is 5.31. The van der Waals surface area contributed by atoms with E-state index in [-0.39, 0.29) is 0 Å². The molecule has 1 N–H and O–H groups in total. The van der Waals surface area contributed by atoms with Crippen LogP contribution in [0, 0.1) is 6.92 Å². The molecule has 3 aromatic rings. The number of ether oxygens (including phenoxy) is 1. The zero-order chi connectivity index (χ0) is 17.5. The number of aryl methyl sites for hydroxylation is 1. The molecule has 1 saturated heterocycles. The number of aromatic amines is 1. The number of nitrogens with zero attached hydrogens (tertiary/aromatic N) is 4. The second kappa shape index (κ2) is 6.29. The van der Waals surface area contributed by atoms with Crippen LogP contribution in [-0.2, 0) is 17.7 Å². The van der Waals surface area contributed by atoms with Gasteiger partial charge in [0.15, 0.2) is 0 Å². The Morgan fingerprint density at radius 1 is 1.00 bits per heavy atom. The van der Waals surface area contributed by atoms with Crippen molar-refractivity contribution in [2.75, 3.05) is 42.6 Å². The molecule has 2 aromatic heterocycles. The predicted octanol–water partition coefficient (Wildman–Crippen LogP) is 2.67. The quantitative estimate of drug-likeness (QED) is 0.771. The molecule has 0 bridgehead atoms. The standard InChI is InChI=1S/C20H23N5O/c1-14-12-17-18(21-14)22-20(24-8-10-26-11-9-24)23-19(17)25-7-6-15-4-2-3-5-16(15)13-25/h2-5,12H,6-11,13H2,1H3,(H,21,22,23). The fourth-order valence-corrected chi connectivity index (χ4v) is 3.94. The summed E-state index contributed by atoms with van der Waals surface area (Å²) in [6, 6.07) is 10.9. The zero-order valence-corrected chi connectivity index (χ0v) is 15.0. The van der Waals surface area contributed by atoms with E-state index in [9.17, 15) is 0 Å². The topological polar surface area (TPSA) is 57.3 Å². The van der Waals surface area contributed by atoms with Gasteiger partial charge in [0.2, 0.25) is 5.95 Å². The van der Waals surface area contributed by atoms with Crippen molar-refractivity contribution >= 4 is 22.8 Å². The van der Waals surface area contributed by atoms with Gasteiger partial charge in [-0.15, -0.1) is 0 Å². The largest absolute Gasteiger partial charge is 0.378 e. The molecule has 134 valence electrons. The van der Waals surface area contributed by atoms with Crippen molar-refractivity contribution < 1.29 is 4.74 Å². The maximum Gasteiger partial charge on any atom is 0.229 e. The molecular formula is C20H23N5O. The van der Waals surface area contributed by atoms with Crippen LogP contribution in [0.25, 0.3) is 11.0 Å². The van der Waals surface area contributed by atoms with Gasteiger partial charge < -0.3 is 19.5 Å². The number of nitrogens with one attached hydrogen (secondary N) is 1. The van der Waals surface area contributed by atoms with E-state index in [1.165, 1.54) is 11.1 Å². The minimum absolute atomic E-state index is 0.734. The number of benzene rings is 1. The summed E-state index contributed by atoms with van der Waals surface area (Å²) in [4.78, 5) is 17.8. The van der Waals surface area contributed by atoms with Crippen molar-refractivity contribution in [1.29, 1.82) is 0 Å². The van der Waals surface area contributed by atoms with E-state index in [1.54, 1.807) is 0 Å². The molecule has 6 nitrogen and oxygen atoms in total. The Kier molecular flexibility index (Phi) is 3.78. The normalized spacial score (nSPS) is 17.6. The van der Waals surface area contributed by atoms with Gasteiger partial charge in [-0.3, -0.25) is 0 Å². The first-order valence-electron chi connectivity index (χ1n) is 9.30. The molecule has 2 aliphatic heterocycles. The second-order valence-electron chi connectivity index (χ2n) is 7.10. The van der Waals surface area contributed by atoms with Crippen molar-refractivity contribution in [3.63, 3.8) is 0 Å². The minimum Gasteiger partial charge on any atom is -0.378 e. The van der Waals surface area contributed by atoms with Gasteiger partial charge in [-0.2, -0.15) is 9.97 Å². The molecule has 1 aromatic carbocycles. The van der Waals surface area contributed by atoms with E-state index in [2.05, 4.69) is 52.0 Å². The average Bonchev–Trinajstić information content (AvgIpc) is 3.07. The van der Waals surface area contributed by atoms with Crippen molar-refractivity contribution in [1.82, 2.24) is 15.0 Å². The summed E-state index contributed by atoms with van der Waals surface area (Å²) in [5.74, 6) is 1.84. The van der Waals surface area contributed by atoms with E-state index in [0.717, 1.165) is 74.3 Å². The molecule has 4 heterocycles. The lowest BCUT2D eigenvalue weighted by Crippen LogP contribution is -2.38. The van der Waals surface area contributed by atoms with Gasteiger partial charge in [-0.25, -0.2) is 0 Å². The number of rotatable bonds is 2. The fraction of sp³-hybridized carbons (Fsp3) is 0.400. The van der Waals surface area contributed by atoms with Crippen LogP contribution in [0.15, 0.2) is 30.3 Å². The molecule has 0 unspecified atom stereocenters. The van der Waals surface area contributed by atoms with Gasteiger partial charge in [0.1, 0.15) is 11.5 Å². The molecular weight excluding hydrogens is 326 g/mol. The molecule has 0 atom stereocenters. The molecule has 2 aliphatic rings. The Balaban J connectivity index is 1.57. The smallest absolute Gasteiger partial charge is 0.229 e. The summed E-state index contributed by atoms with van der Waals surface area (Å²) in [6.07, 6.45) is 1.05. The lowest BCUT2D eigenvalue weighted by Gasteiger charge is -2.32. The van der Waals surface area contributed by atoms with Gasteiger partial charge in [0, 0.05) is 31.9 Å². The predicted molar refractivity (Wildman–Crippen MR) is 103 cm³/mol. The maximum absolute atomic E-state index is 5.48. The highest BCUT2D eigenvalue weighted by atomic mass is 16.5. The van der Waals surface area contributed by atoms with Crippen molar-refractivity contribution in [3.8, 4) is 0 Å². The van der Waals surface area contributed by atoms with E-state index in [4.69, 9.17) is 14.7 Å². The van der Waals surface area contributed by atoms with E-state index in [1.807, 2.05) is 0 Å². The zero-order valence-electron chi connectivity index (χ0n) is 15.0. The second-order valence-corrected chi connectivity index (χ2v) is 7.10. The van der Waals surface area contributed by atoms with Crippen molar-refractivity contribution in [2.24, 2.45) is 0 Å².